The molecule has 0 bridgehead atoms. The summed E-state index contributed by atoms with van der Waals surface area (Å²) in [6, 6.07) is 0. The minimum atomic E-state index is 0.332. The van der Waals surface area contributed by atoms with Gasteiger partial charge in [-0.15, -0.1) is 0 Å². The van der Waals surface area contributed by atoms with Crippen molar-refractivity contribution < 1.29 is 9.26 Å². The molecule has 1 spiro atoms. The molecular formula is C14H23N5O2. The van der Waals surface area contributed by atoms with Gasteiger partial charge in [0.05, 0.1) is 6.61 Å². The number of nitrogens with zero attached hydrogens (tertiary/aromatic N) is 4. The van der Waals surface area contributed by atoms with Crippen molar-refractivity contribution in [3.05, 3.63) is 11.7 Å². The zero-order valence-electron chi connectivity index (χ0n) is 12.8. The van der Waals surface area contributed by atoms with Crippen molar-refractivity contribution in [1.82, 2.24) is 20.4 Å². The van der Waals surface area contributed by atoms with Crippen LogP contribution in [0.5, 0.6) is 0 Å². The van der Waals surface area contributed by atoms with Crippen LogP contribution in [0.15, 0.2) is 9.52 Å². The molecule has 2 aliphatic heterocycles. The zero-order chi connectivity index (χ0) is 14.7. The first-order chi connectivity index (χ1) is 10.2. The molecule has 1 N–H and O–H groups in total. The lowest BCUT2D eigenvalue weighted by atomic mass is 9.87. The van der Waals surface area contributed by atoms with E-state index < -0.39 is 0 Å². The molecule has 0 saturated carbocycles. The number of aromatic nitrogens is 2. The summed E-state index contributed by atoms with van der Waals surface area (Å²) in [4.78, 5) is 11.2. The van der Waals surface area contributed by atoms with Crippen LogP contribution >= 0.6 is 0 Å². The quantitative estimate of drug-likeness (QED) is 0.661. The first kappa shape index (κ1) is 14.3. The Kier molecular flexibility index (Phi) is 4.10. The molecule has 1 aromatic heterocycles. The van der Waals surface area contributed by atoms with Gasteiger partial charge in [-0.1, -0.05) is 5.16 Å². The third-order valence-electron chi connectivity index (χ3n) is 4.20. The van der Waals surface area contributed by atoms with E-state index in [1.165, 1.54) is 6.42 Å². The molecule has 0 aliphatic carbocycles. The van der Waals surface area contributed by atoms with Gasteiger partial charge in [0.25, 0.3) is 0 Å². The van der Waals surface area contributed by atoms with E-state index in [4.69, 9.17) is 9.26 Å². The molecular weight excluding hydrogens is 270 g/mol. The fraction of sp³-hybridized carbons (Fsp3) is 0.786. The van der Waals surface area contributed by atoms with Crippen LogP contribution in [-0.4, -0.2) is 53.8 Å². The van der Waals surface area contributed by atoms with E-state index >= 15 is 0 Å². The number of aryl methyl sites for hydroxylation is 1. The normalized spacial score (nSPS) is 26.0. The summed E-state index contributed by atoms with van der Waals surface area (Å²) in [5.74, 6) is 2.14. The summed E-state index contributed by atoms with van der Waals surface area (Å²) in [6.45, 7) is 8.99. The lowest BCUT2D eigenvalue weighted by Gasteiger charge is -2.24. The average molecular weight is 293 g/mol. The van der Waals surface area contributed by atoms with Gasteiger partial charge < -0.3 is 19.5 Å². The number of guanidine groups is 1. The van der Waals surface area contributed by atoms with E-state index in [2.05, 4.69) is 32.3 Å². The van der Waals surface area contributed by atoms with Crippen LogP contribution in [-0.2, 0) is 11.3 Å². The largest absolute Gasteiger partial charge is 0.381 e. The van der Waals surface area contributed by atoms with Crippen molar-refractivity contribution in [3.8, 4) is 0 Å². The fourth-order valence-electron chi connectivity index (χ4n) is 3.06. The van der Waals surface area contributed by atoms with E-state index in [1.807, 2.05) is 0 Å². The van der Waals surface area contributed by atoms with Gasteiger partial charge in [0.2, 0.25) is 5.89 Å². The number of nitrogens with one attached hydrogen (secondary N) is 1. The summed E-state index contributed by atoms with van der Waals surface area (Å²) in [5, 5.41) is 7.24. The summed E-state index contributed by atoms with van der Waals surface area (Å²) in [6.07, 6.45) is 2.34. The van der Waals surface area contributed by atoms with Crippen LogP contribution in [0.2, 0.25) is 0 Å². The molecule has 116 valence electrons. The van der Waals surface area contributed by atoms with Gasteiger partial charge in [-0.05, 0) is 19.8 Å². The third-order valence-corrected chi connectivity index (χ3v) is 4.20. The van der Waals surface area contributed by atoms with E-state index in [1.54, 1.807) is 6.92 Å². The number of rotatable bonds is 3. The van der Waals surface area contributed by atoms with E-state index in [0.717, 1.165) is 45.2 Å². The van der Waals surface area contributed by atoms with Gasteiger partial charge in [0.15, 0.2) is 11.8 Å². The number of hydrogen-bond donors (Lipinski definition) is 1. The Labute approximate surface area is 124 Å². The first-order valence-electron chi connectivity index (χ1n) is 7.61. The zero-order valence-corrected chi connectivity index (χ0v) is 12.8. The predicted octanol–water partition coefficient (Wildman–Crippen LogP) is 0.956. The molecule has 2 aliphatic rings. The number of aliphatic imine (C=N–C) groups is 1. The van der Waals surface area contributed by atoms with Gasteiger partial charge >= 0.3 is 0 Å². The van der Waals surface area contributed by atoms with Crippen LogP contribution in [0.3, 0.4) is 0 Å². The van der Waals surface area contributed by atoms with Crippen molar-refractivity contribution in [1.29, 1.82) is 0 Å². The van der Waals surface area contributed by atoms with Gasteiger partial charge in [0.1, 0.15) is 6.54 Å². The Balaban J connectivity index is 1.66. The SMILES string of the molecule is CCNC(=NCc1noc(C)n1)N1CCC2(CCOC2)C1. The molecule has 3 heterocycles. The van der Waals surface area contributed by atoms with Crippen molar-refractivity contribution in [2.24, 2.45) is 10.4 Å². The molecule has 7 heteroatoms. The second kappa shape index (κ2) is 6.01. The molecule has 0 radical (unpaired) electrons. The molecule has 2 saturated heterocycles. The van der Waals surface area contributed by atoms with Crippen LogP contribution in [0, 0.1) is 12.3 Å². The number of hydrogen-bond acceptors (Lipinski definition) is 5. The van der Waals surface area contributed by atoms with Crippen molar-refractivity contribution in [2.75, 3.05) is 32.8 Å². The maximum atomic E-state index is 5.58. The molecule has 0 amide bonds. The molecule has 2 fully saturated rings. The maximum Gasteiger partial charge on any atom is 0.223 e. The standard InChI is InChI=1S/C14H23N5O2/c1-3-15-13(16-8-12-17-11(2)21-18-12)19-6-4-14(9-19)5-7-20-10-14/h3-10H2,1-2H3,(H,15,16). The molecule has 21 heavy (non-hydrogen) atoms. The van der Waals surface area contributed by atoms with Crippen molar-refractivity contribution in [3.63, 3.8) is 0 Å². The molecule has 1 aromatic rings. The lowest BCUT2D eigenvalue weighted by molar-refractivity contribution is 0.156. The second-order valence-electron chi connectivity index (χ2n) is 5.87. The monoisotopic (exact) mass is 293 g/mol. The molecule has 7 nitrogen and oxygen atoms in total. The lowest BCUT2D eigenvalue weighted by Crippen LogP contribution is -2.41. The van der Waals surface area contributed by atoms with Crippen LogP contribution in [0.25, 0.3) is 0 Å². The van der Waals surface area contributed by atoms with Gasteiger partial charge in [-0.3, -0.25) is 0 Å². The van der Waals surface area contributed by atoms with Crippen LogP contribution < -0.4 is 5.32 Å². The Morgan fingerprint density at radius 3 is 3.05 bits per heavy atom. The summed E-state index contributed by atoms with van der Waals surface area (Å²) in [5.41, 5.74) is 0.332. The van der Waals surface area contributed by atoms with Crippen molar-refractivity contribution >= 4 is 5.96 Å². The first-order valence-corrected chi connectivity index (χ1v) is 7.61. The predicted molar refractivity (Wildman–Crippen MR) is 77.9 cm³/mol. The van der Waals surface area contributed by atoms with E-state index in [-0.39, 0.29) is 0 Å². The van der Waals surface area contributed by atoms with Gasteiger partial charge in [0, 0.05) is 38.6 Å². The van der Waals surface area contributed by atoms with Crippen LogP contribution in [0.1, 0.15) is 31.5 Å². The topological polar surface area (TPSA) is 75.8 Å². The van der Waals surface area contributed by atoms with Crippen LogP contribution in [0.4, 0.5) is 0 Å². The van der Waals surface area contributed by atoms with Gasteiger partial charge in [-0.25, -0.2) is 4.99 Å². The highest BCUT2D eigenvalue weighted by Gasteiger charge is 2.42. The fourth-order valence-corrected chi connectivity index (χ4v) is 3.06. The molecule has 1 unspecified atom stereocenters. The second-order valence-corrected chi connectivity index (χ2v) is 5.87. The minimum Gasteiger partial charge on any atom is -0.381 e. The van der Waals surface area contributed by atoms with E-state index in [9.17, 15) is 0 Å². The van der Waals surface area contributed by atoms with E-state index in [0.29, 0.717) is 23.7 Å². The molecule has 3 rings (SSSR count). The summed E-state index contributed by atoms with van der Waals surface area (Å²) < 4.78 is 10.6. The van der Waals surface area contributed by atoms with Crippen molar-refractivity contribution in [2.45, 2.75) is 33.2 Å². The highest BCUT2D eigenvalue weighted by Crippen LogP contribution is 2.38. The highest BCUT2D eigenvalue weighted by molar-refractivity contribution is 5.80. The average Bonchev–Trinajstić information content (AvgIpc) is 3.19. The van der Waals surface area contributed by atoms with Gasteiger partial charge in [-0.2, -0.15) is 4.98 Å². The highest BCUT2D eigenvalue weighted by atomic mass is 16.5. The number of likely N-dealkylation sites (tertiary alicyclic amines) is 1. The molecule has 1 atom stereocenters. The summed E-state index contributed by atoms with van der Waals surface area (Å²) in [7, 11) is 0. The summed E-state index contributed by atoms with van der Waals surface area (Å²) >= 11 is 0. The molecule has 0 aromatic carbocycles. The maximum absolute atomic E-state index is 5.58. The number of ether oxygens (including phenoxy) is 1. The minimum absolute atomic E-state index is 0.332. The Bertz CT molecular complexity index is 507. The third kappa shape index (κ3) is 3.18. The Morgan fingerprint density at radius 2 is 2.38 bits per heavy atom. The Hall–Kier alpha value is -1.63. The Morgan fingerprint density at radius 1 is 1.48 bits per heavy atom. The smallest absolute Gasteiger partial charge is 0.223 e.